The number of amides is 4. The van der Waals surface area contributed by atoms with Crippen molar-refractivity contribution >= 4 is 17.8 Å². The van der Waals surface area contributed by atoms with E-state index in [2.05, 4.69) is 9.97 Å². The van der Waals surface area contributed by atoms with Crippen LogP contribution in [0.1, 0.15) is 38.8 Å². The molecule has 8 heteroatoms. The van der Waals surface area contributed by atoms with Gasteiger partial charge in [0.05, 0.1) is 5.69 Å². The molecule has 2 saturated heterocycles. The minimum absolute atomic E-state index is 0.0519. The highest BCUT2D eigenvalue weighted by atomic mass is 16.2. The van der Waals surface area contributed by atoms with E-state index in [1.165, 1.54) is 4.90 Å². The van der Waals surface area contributed by atoms with Gasteiger partial charge in [-0.15, -0.1) is 0 Å². The molecular formula is C19H27N5O3. The van der Waals surface area contributed by atoms with Crippen molar-refractivity contribution in [2.75, 3.05) is 26.7 Å². The van der Waals surface area contributed by atoms with Crippen molar-refractivity contribution in [3.63, 3.8) is 0 Å². The van der Waals surface area contributed by atoms with Gasteiger partial charge in [-0.25, -0.2) is 4.79 Å². The summed E-state index contributed by atoms with van der Waals surface area (Å²) in [7, 11) is 1.55. The number of aryl methyl sites for hydroxylation is 1. The summed E-state index contributed by atoms with van der Waals surface area (Å²) in [6.45, 7) is 5.60. The molecule has 0 aliphatic carbocycles. The van der Waals surface area contributed by atoms with Crippen molar-refractivity contribution in [3.05, 3.63) is 24.3 Å². The maximum absolute atomic E-state index is 12.8. The summed E-state index contributed by atoms with van der Waals surface area (Å²) in [5, 5.41) is 0. The van der Waals surface area contributed by atoms with E-state index in [0.717, 1.165) is 5.69 Å². The third-order valence-electron chi connectivity index (χ3n) is 5.44. The number of likely N-dealkylation sites (tertiary alicyclic amines) is 1. The summed E-state index contributed by atoms with van der Waals surface area (Å²) in [6, 6.07) is -0.226. The second kappa shape index (κ2) is 7.62. The Morgan fingerprint density at radius 1 is 1.22 bits per heavy atom. The molecule has 0 aromatic carbocycles. The van der Waals surface area contributed by atoms with Crippen LogP contribution < -0.4 is 0 Å². The van der Waals surface area contributed by atoms with Crippen molar-refractivity contribution in [1.29, 1.82) is 0 Å². The van der Waals surface area contributed by atoms with E-state index in [0.29, 0.717) is 45.3 Å². The molecule has 1 spiro atoms. The first-order chi connectivity index (χ1) is 12.8. The number of carbonyl (C=O) groups excluding carboxylic acids is 3. The van der Waals surface area contributed by atoms with Gasteiger partial charge < -0.3 is 9.80 Å². The predicted octanol–water partition coefficient (Wildman–Crippen LogP) is 1.32. The zero-order valence-electron chi connectivity index (χ0n) is 16.2. The number of urea groups is 1. The molecule has 3 heterocycles. The molecule has 0 N–H and O–H groups in total. The number of hydrogen-bond donors (Lipinski definition) is 0. The fourth-order valence-electron chi connectivity index (χ4n) is 3.96. The Morgan fingerprint density at radius 3 is 2.52 bits per heavy atom. The molecule has 2 aliphatic heterocycles. The topological polar surface area (TPSA) is 86.7 Å². The second-order valence-corrected chi connectivity index (χ2v) is 7.76. The van der Waals surface area contributed by atoms with Crippen molar-refractivity contribution in [3.8, 4) is 0 Å². The fourth-order valence-corrected chi connectivity index (χ4v) is 3.96. The summed E-state index contributed by atoms with van der Waals surface area (Å²) in [5.41, 5.74) is -0.00161. The zero-order valence-corrected chi connectivity index (χ0v) is 16.2. The molecule has 4 amide bonds. The van der Waals surface area contributed by atoms with Gasteiger partial charge in [0.25, 0.3) is 5.91 Å². The van der Waals surface area contributed by atoms with Gasteiger partial charge >= 0.3 is 6.03 Å². The number of piperidine rings is 1. The Kier molecular flexibility index (Phi) is 5.43. The van der Waals surface area contributed by atoms with Crippen molar-refractivity contribution in [1.82, 2.24) is 24.7 Å². The molecular weight excluding hydrogens is 346 g/mol. The molecule has 0 atom stereocenters. The van der Waals surface area contributed by atoms with Crippen molar-refractivity contribution < 1.29 is 14.4 Å². The summed E-state index contributed by atoms with van der Waals surface area (Å²) in [6.07, 6.45) is 6.79. The zero-order chi connectivity index (χ0) is 19.6. The molecule has 0 radical (unpaired) electrons. The van der Waals surface area contributed by atoms with Gasteiger partial charge in [0.15, 0.2) is 0 Å². The molecule has 1 aromatic rings. The molecule has 2 fully saturated rings. The number of imide groups is 1. The minimum atomic E-state index is -0.794. The van der Waals surface area contributed by atoms with E-state index in [-0.39, 0.29) is 23.8 Å². The minimum Gasteiger partial charge on any atom is -0.342 e. The molecule has 0 bridgehead atoms. The summed E-state index contributed by atoms with van der Waals surface area (Å²) in [4.78, 5) is 50.9. The molecule has 146 valence electrons. The summed E-state index contributed by atoms with van der Waals surface area (Å²) in [5.74, 6) is 0.188. The van der Waals surface area contributed by atoms with Gasteiger partial charge in [-0.1, -0.05) is 13.8 Å². The number of rotatable bonds is 5. The molecule has 0 unspecified atom stereocenters. The fraction of sp³-hybridized carbons (Fsp3) is 0.632. The van der Waals surface area contributed by atoms with Crippen molar-refractivity contribution in [2.24, 2.45) is 5.92 Å². The average Bonchev–Trinajstić information content (AvgIpc) is 2.83. The first-order valence-electron chi connectivity index (χ1n) is 9.47. The lowest BCUT2D eigenvalue weighted by molar-refractivity contribution is -0.140. The van der Waals surface area contributed by atoms with Gasteiger partial charge in [0.1, 0.15) is 5.54 Å². The normalized spacial score (nSPS) is 19.5. The van der Waals surface area contributed by atoms with Crippen LogP contribution >= 0.6 is 0 Å². The predicted molar refractivity (Wildman–Crippen MR) is 98.6 cm³/mol. The van der Waals surface area contributed by atoms with E-state index < -0.39 is 5.54 Å². The van der Waals surface area contributed by atoms with Crippen molar-refractivity contribution in [2.45, 2.75) is 45.1 Å². The van der Waals surface area contributed by atoms with E-state index in [1.54, 1.807) is 35.4 Å². The number of aromatic nitrogens is 2. The molecule has 3 rings (SSSR count). The summed E-state index contributed by atoms with van der Waals surface area (Å²) >= 11 is 0. The number of nitrogens with zero attached hydrogens (tertiary/aromatic N) is 5. The maximum Gasteiger partial charge on any atom is 0.327 e. The number of hydrogen-bond acceptors (Lipinski definition) is 5. The van der Waals surface area contributed by atoms with Gasteiger partial charge in [0.2, 0.25) is 5.91 Å². The molecule has 1 aromatic heterocycles. The van der Waals surface area contributed by atoms with Crippen LogP contribution in [0, 0.1) is 5.92 Å². The third kappa shape index (κ3) is 3.65. The smallest absolute Gasteiger partial charge is 0.327 e. The van der Waals surface area contributed by atoms with Crippen LogP contribution in [0.3, 0.4) is 0 Å². The van der Waals surface area contributed by atoms with Crippen LogP contribution in [-0.2, 0) is 16.0 Å². The standard InChI is InChI=1S/C19H27N5O3/c1-14(2)13-24-18(27)22(3)17(26)19(24)6-10-23(11-7-19)16(25)5-4-15-12-20-8-9-21-15/h8-9,12,14H,4-7,10-11,13H2,1-3H3. The highest BCUT2D eigenvalue weighted by Crippen LogP contribution is 2.37. The van der Waals surface area contributed by atoms with Crippen LogP contribution in [0.4, 0.5) is 4.79 Å². The first kappa shape index (κ1) is 19.3. The average molecular weight is 373 g/mol. The molecule has 0 saturated carbocycles. The highest BCUT2D eigenvalue weighted by molar-refractivity contribution is 6.07. The third-order valence-corrected chi connectivity index (χ3v) is 5.44. The lowest BCUT2D eigenvalue weighted by atomic mass is 9.85. The highest BCUT2D eigenvalue weighted by Gasteiger charge is 2.57. The number of carbonyl (C=O) groups is 3. The SMILES string of the molecule is CC(C)CN1C(=O)N(C)C(=O)C12CCN(C(=O)CCc1cnccn1)CC2. The Hall–Kier alpha value is -2.51. The van der Waals surface area contributed by atoms with E-state index in [9.17, 15) is 14.4 Å². The summed E-state index contributed by atoms with van der Waals surface area (Å²) < 4.78 is 0. The van der Waals surface area contributed by atoms with Crippen LogP contribution in [0.15, 0.2) is 18.6 Å². The lowest BCUT2D eigenvalue weighted by Crippen LogP contribution is -2.58. The monoisotopic (exact) mass is 373 g/mol. The van der Waals surface area contributed by atoms with Crippen LogP contribution in [-0.4, -0.2) is 74.7 Å². The Labute approximate surface area is 159 Å². The van der Waals surface area contributed by atoms with Gasteiger partial charge in [-0.05, 0) is 25.2 Å². The molecule has 2 aliphatic rings. The van der Waals surface area contributed by atoms with Crippen LogP contribution in [0.5, 0.6) is 0 Å². The van der Waals surface area contributed by atoms with Gasteiger partial charge in [-0.2, -0.15) is 0 Å². The Balaban J connectivity index is 1.63. The van der Waals surface area contributed by atoms with E-state index >= 15 is 0 Å². The quantitative estimate of drug-likeness (QED) is 0.727. The largest absolute Gasteiger partial charge is 0.342 e. The molecule has 8 nitrogen and oxygen atoms in total. The maximum atomic E-state index is 12.8. The molecule has 27 heavy (non-hydrogen) atoms. The van der Waals surface area contributed by atoms with Crippen LogP contribution in [0.2, 0.25) is 0 Å². The van der Waals surface area contributed by atoms with Gasteiger partial charge in [0, 0.05) is 51.7 Å². The Morgan fingerprint density at radius 2 is 1.93 bits per heavy atom. The van der Waals surface area contributed by atoms with E-state index in [4.69, 9.17) is 0 Å². The van der Waals surface area contributed by atoms with Gasteiger partial charge in [-0.3, -0.25) is 24.5 Å². The first-order valence-corrected chi connectivity index (χ1v) is 9.47. The lowest BCUT2D eigenvalue weighted by Gasteiger charge is -2.42. The Bertz CT molecular complexity index is 713. The van der Waals surface area contributed by atoms with E-state index in [1.807, 2.05) is 13.8 Å². The van der Waals surface area contributed by atoms with Crippen LogP contribution in [0.25, 0.3) is 0 Å². The number of likely N-dealkylation sites (N-methyl/N-ethyl adjacent to an activating group) is 1. The second-order valence-electron chi connectivity index (χ2n) is 7.76.